The van der Waals surface area contributed by atoms with E-state index in [-0.39, 0.29) is 12.3 Å². The molecule has 4 atom stereocenters. The van der Waals surface area contributed by atoms with Crippen LogP contribution < -0.4 is 20.6 Å². The number of aromatic nitrogens is 1. The molecule has 0 radical (unpaired) electrons. The zero-order valence-electron chi connectivity index (χ0n) is 44.3. The van der Waals surface area contributed by atoms with Crippen molar-refractivity contribution >= 4 is 90.0 Å². The Morgan fingerprint density at radius 3 is 1.73 bits per heavy atom. The van der Waals surface area contributed by atoms with E-state index in [9.17, 15) is 0 Å². The van der Waals surface area contributed by atoms with Gasteiger partial charge in [-0.05, 0) is 245 Å². The van der Waals surface area contributed by atoms with E-state index in [0.717, 1.165) is 69.1 Å². The zero-order valence-corrected chi connectivity index (χ0v) is 44.3. The van der Waals surface area contributed by atoms with Gasteiger partial charge in [0, 0.05) is 61.2 Å². The summed E-state index contributed by atoms with van der Waals surface area (Å²) in [5.74, 6) is 5.65. The maximum atomic E-state index is 6.90. The first-order chi connectivity index (χ1) is 39.0. The number of benzene rings is 9. The van der Waals surface area contributed by atoms with E-state index >= 15 is 0 Å². The Kier molecular flexibility index (Phi) is 7.47. The minimum absolute atomic E-state index is 0.102. The number of hydrogen-bond donors (Lipinski definition) is 0. The Labute approximate surface area is 460 Å². The third-order valence-electron chi connectivity index (χ3n) is 24.6. The van der Waals surface area contributed by atoms with Crippen LogP contribution >= 0.6 is 0 Å². The van der Waals surface area contributed by atoms with Crippen molar-refractivity contribution in [3.05, 3.63) is 205 Å². The maximum Gasteiger partial charge on any atom is 0.333 e. The Balaban J connectivity index is 0.898. The second-order valence-corrected chi connectivity index (χ2v) is 27.2. The van der Waals surface area contributed by atoms with Crippen molar-refractivity contribution in [3.8, 4) is 27.9 Å². The van der Waals surface area contributed by atoms with Gasteiger partial charge in [-0.2, -0.15) is 0 Å². The minimum atomic E-state index is -0.102. The fourth-order valence-corrected chi connectivity index (χ4v) is 21.7. The van der Waals surface area contributed by atoms with Crippen molar-refractivity contribution in [1.29, 1.82) is 0 Å². The van der Waals surface area contributed by atoms with Crippen molar-refractivity contribution in [2.45, 2.75) is 75.0 Å². The molecule has 4 nitrogen and oxygen atoms in total. The third kappa shape index (κ3) is 4.87. The number of nitrogens with zero attached hydrogens (tertiary/aromatic N) is 3. The molecule has 4 bridgehead atoms. The summed E-state index contributed by atoms with van der Waals surface area (Å²) < 4.78 is 9.68. The van der Waals surface area contributed by atoms with Crippen molar-refractivity contribution < 1.29 is 4.42 Å². The number of fused-ring (bicyclic) bond motifs is 13. The quantitative estimate of drug-likeness (QED) is 0.149. The first-order valence-corrected chi connectivity index (χ1v) is 30.1. The second kappa shape index (κ2) is 14.0. The van der Waals surface area contributed by atoms with Crippen LogP contribution in [0.4, 0.5) is 28.4 Å². The van der Waals surface area contributed by atoms with Crippen LogP contribution in [0.2, 0.25) is 0 Å². The van der Waals surface area contributed by atoms with E-state index in [0.29, 0.717) is 16.2 Å². The fraction of sp³-hybridized carbons (Fsp3) is 0.270. The number of furan rings is 1. The molecule has 2 aromatic heterocycles. The molecular weight excluding hydrogens is 958 g/mol. The highest BCUT2D eigenvalue weighted by atomic mass is 16.3. The van der Waals surface area contributed by atoms with Crippen molar-refractivity contribution in [1.82, 2.24) is 4.57 Å². The number of rotatable bonds is 7. The molecule has 378 valence electrons. The molecule has 9 aromatic carbocycles. The van der Waals surface area contributed by atoms with Gasteiger partial charge in [0.2, 0.25) is 0 Å². The minimum Gasteiger partial charge on any atom is -0.456 e. The van der Waals surface area contributed by atoms with Crippen molar-refractivity contribution in [3.63, 3.8) is 0 Å². The summed E-state index contributed by atoms with van der Waals surface area (Å²) in [6.07, 6.45) is 14.3. The smallest absolute Gasteiger partial charge is 0.333 e. The first-order valence-electron chi connectivity index (χ1n) is 30.1. The summed E-state index contributed by atoms with van der Waals surface area (Å²) in [5, 5.41) is 5.28. The summed E-state index contributed by atoms with van der Waals surface area (Å²) in [5.41, 5.74) is 24.7. The molecule has 4 heterocycles. The molecule has 0 N–H and O–H groups in total. The molecule has 8 saturated carbocycles. The Morgan fingerprint density at radius 2 is 1.08 bits per heavy atom. The lowest BCUT2D eigenvalue weighted by Crippen LogP contribution is -2.61. The van der Waals surface area contributed by atoms with Gasteiger partial charge in [0.15, 0.2) is 0 Å². The SMILES string of the molecule is c1ccc(-c2ccc(N3B4c5c(cc(N(c6ccccc6)c6ccccc6)cc5-n5c6ccc(C78CC9CC%10CC(C7)C%109C8)cc6c6cc(C78CC9CC%10CC(C7)C%109C8)cc4c65)-c4c3ccc3oc5ccccc5c43)cc2)cc1. The van der Waals surface area contributed by atoms with Crippen LogP contribution in [0.3, 0.4) is 0 Å². The van der Waals surface area contributed by atoms with Gasteiger partial charge in [0.1, 0.15) is 11.2 Å². The molecule has 11 aromatic rings. The van der Waals surface area contributed by atoms with Gasteiger partial charge in [-0.25, -0.2) is 0 Å². The monoisotopic (exact) mass is 1020 g/mol. The van der Waals surface area contributed by atoms with Crippen LogP contribution in [0.5, 0.6) is 0 Å². The van der Waals surface area contributed by atoms with E-state index < -0.39 is 0 Å². The topological polar surface area (TPSA) is 24.6 Å². The molecule has 2 aliphatic heterocycles. The average molecular weight is 1020 g/mol. The molecule has 10 aliphatic rings. The van der Waals surface area contributed by atoms with Crippen LogP contribution in [0, 0.1) is 46.3 Å². The van der Waals surface area contributed by atoms with E-state index in [1.54, 1.807) is 11.1 Å². The molecule has 79 heavy (non-hydrogen) atoms. The summed E-state index contributed by atoms with van der Waals surface area (Å²) in [6, 6.07) is 74.8. The van der Waals surface area contributed by atoms with Gasteiger partial charge >= 0.3 is 6.85 Å². The van der Waals surface area contributed by atoms with Crippen molar-refractivity contribution in [2.75, 3.05) is 9.71 Å². The van der Waals surface area contributed by atoms with E-state index in [1.807, 2.05) is 0 Å². The van der Waals surface area contributed by atoms with Crippen LogP contribution in [-0.2, 0) is 10.8 Å². The molecule has 21 rings (SSSR count). The summed E-state index contributed by atoms with van der Waals surface area (Å²) in [7, 11) is 0. The lowest BCUT2D eigenvalue weighted by atomic mass is 9.38. The Bertz CT molecular complexity index is 4460. The van der Waals surface area contributed by atoms with Crippen molar-refractivity contribution in [2.24, 2.45) is 46.3 Å². The molecule has 0 amide bonds. The Morgan fingerprint density at radius 1 is 0.468 bits per heavy atom. The van der Waals surface area contributed by atoms with Gasteiger partial charge < -0.3 is 18.7 Å². The third-order valence-corrected chi connectivity index (χ3v) is 24.6. The van der Waals surface area contributed by atoms with Crippen LogP contribution in [0.25, 0.3) is 71.7 Å². The Hall–Kier alpha value is -7.76. The second-order valence-electron chi connectivity index (χ2n) is 27.2. The van der Waals surface area contributed by atoms with Gasteiger partial charge in [-0.15, -0.1) is 0 Å². The molecule has 8 fully saturated rings. The number of hydrogen-bond acceptors (Lipinski definition) is 3. The standard InChI is InChI=1S/C74H58BN3O/c1-4-12-43(13-5-1)44-20-23-55(24-21-44)78-63-26-27-66-68(57-18-10-11-19-65(57)79-66)67(63)60-35-56(76(53-14-6-2-7-15-53)54-16-8-3-9-17-54)36-64-69(60)75(78)61-34-46(72-39-51-30-48-31-52(40-72)74(48,51)42-72)33-59-58-32-45(22-25-62(58)77(64)70(59)61)71-37-49-28-47-29-50(38-71)73(47,49)41-71/h1-27,32-36,47-52H,28-31,37-42H2. The highest BCUT2D eigenvalue weighted by Crippen LogP contribution is 2.86. The zero-order chi connectivity index (χ0) is 50.9. The van der Waals surface area contributed by atoms with Crippen LogP contribution in [0.15, 0.2) is 199 Å². The van der Waals surface area contributed by atoms with Gasteiger partial charge in [-0.3, -0.25) is 0 Å². The largest absolute Gasteiger partial charge is 0.456 e. The lowest BCUT2D eigenvalue weighted by molar-refractivity contribution is -0.175. The van der Waals surface area contributed by atoms with Crippen LogP contribution in [0.1, 0.15) is 75.3 Å². The average Bonchev–Trinajstić information content (AvgIpc) is 3.39. The predicted octanol–water partition coefficient (Wildman–Crippen LogP) is 17.2. The van der Waals surface area contributed by atoms with E-state index in [1.165, 1.54) is 142 Å². The summed E-state index contributed by atoms with van der Waals surface area (Å²) in [4.78, 5) is 5.27. The highest BCUT2D eigenvalue weighted by Gasteiger charge is 2.78. The van der Waals surface area contributed by atoms with Gasteiger partial charge in [0.05, 0.1) is 11.0 Å². The fourth-order valence-electron chi connectivity index (χ4n) is 21.7. The lowest BCUT2D eigenvalue weighted by Gasteiger charge is -2.66. The van der Waals surface area contributed by atoms with Gasteiger partial charge in [-0.1, -0.05) is 109 Å². The molecule has 0 saturated heterocycles. The predicted molar refractivity (Wildman–Crippen MR) is 323 cm³/mol. The van der Waals surface area contributed by atoms with Gasteiger partial charge in [0.25, 0.3) is 0 Å². The number of para-hydroxylation sites is 3. The summed E-state index contributed by atoms with van der Waals surface area (Å²) >= 11 is 0. The van der Waals surface area contributed by atoms with E-state index in [4.69, 9.17) is 4.42 Å². The summed E-state index contributed by atoms with van der Waals surface area (Å²) in [6.45, 7) is -0.102. The maximum absolute atomic E-state index is 6.90. The molecule has 8 aliphatic carbocycles. The normalized spacial score (nSPS) is 30.7. The molecular formula is C74H58BN3O. The van der Waals surface area contributed by atoms with Crippen LogP contribution in [-0.4, -0.2) is 11.4 Å². The molecule has 2 spiro atoms. The molecule has 5 heteroatoms. The van der Waals surface area contributed by atoms with E-state index in [2.05, 4.69) is 208 Å². The number of anilines is 5. The molecule has 4 unspecified atom stereocenters. The first kappa shape index (κ1) is 42.2. The highest BCUT2D eigenvalue weighted by molar-refractivity contribution is 6.93.